The van der Waals surface area contributed by atoms with Crippen molar-refractivity contribution in [1.29, 1.82) is 0 Å². The van der Waals surface area contributed by atoms with Crippen molar-refractivity contribution in [1.82, 2.24) is 0 Å². The lowest BCUT2D eigenvalue weighted by Gasteiger charge is -2.13. The first kappa shape index (κ1) is 16.8. The lowest BCUT2D eigenvalue weighted by Crippen LogP contribution is -2.36. The maximum Gasteiger partial charge on any atom is 0.310 e. The largest absolute Gasteiger partial charge is 0.714 e. The van der Waals surface area contributed by atoms with E-state index < -0.39 is 12.0 Å². The number of hydrogen-bond donors (Lipinski definition) is 0. The number of Topliss-reactive ketones (excluding diaryl/α,β-unsaturated/α-hetero) is 1. The Hall–Kier alpha value is -3.03. The highest BCUT2D eigenvalue weighted by atomic mass is 16.6. The molecule has 0 spiro atoms. The van der Waals surface area contributed by atoms with Crippen molar-refractivity contribution in [2.75, 3.05) is 6.61 Å². The van der Waals surface area contributed by atoms with Crippen molar-refractivity contribution in [3.05, 3.63) is 41.1 Å². The van der Waals surface area contributed by atoms with Crippen LogP contribution < -0.4 is 0 Å². The minimum Gasteiger partial charge on any atom is -0.714 e. The maximum atomic E-state index is 12.0. The van der Waals surface area contributed by atoms with Gasteiger partial charge in [-0.25, -0.2) is 0 Å². The summed E-state index contributed by atoms with van der Waals surface area (Å²) in [5, 5.41) is 15.5. The molecule has 0 N–H and O–H groups in total. The van der Waals surface area contributed by atoms with Gasteiger partial charge in [0.05, 0.1) is 12.1 Å². The van der Waals surface area contributed by atoms with Gasteiger partial charge in [-0.3, -0.25) is 14.3 Å². The van der Waals surface area contributed by atoms with Crippen LogP contribution in [0.25, 0.3) is 0 Å². The molecule has 2 aliphatic rings. The number of ketones is 1. The average molecular weight is 343 g/mol. The Balaban J connectivity index is 1.46. The Labute approximate surface area is 144 Å². The molecule has 2 aliphatic heterocycles. The Kier molecular flexibility index (Phi) is 4.87. The molecule has 8 heteroatoms. The number of benzene rings is 1. The maximum absolute atomic E-state index is 12.0. The van der Waals surface area contributed by atoms with Gasteiger partial charge < -0.3 is 14.8 Å². The fourth-order valence-corrected chi connectivity index (χ4v) is 2.68. The van der Waals surface area contributed by atoms with Crippen molar-refractivity contribution in [3.8, 4) is 0 Å². The van der Waals surface area contributed by atoms with E-state index in [-0.39, 0.29) is 30.6 Å². The molecule has 1 aromatic carbocycles. The topological polar surface area (TPSA) is 103 Å². The zero-order valence-electron chi connectivity index (χ0n) is 13.6. The fraction of sp³-hybridized carbons (Fsp3) is 0.353. The van der Waals surface area contributed by atoms with Crippen LogP contribution >= 0.6 is 0 Å². The predicted molar refractivity (Wildman–Crippen MR) is 89.6 cm³/mol. The van der Waals surface area contributed by atoms with E-state index in [1.165, 1.54) is 6.92 Å². The SMILES string of the molecule is CC(=O)C1C(COC(=O)CC2CC(c3ccccc3)=NO2)=NC=[N+]1[O-]. The van der Waals surface area contributed by atoms with Crippen LogP contribution in [0, 0.1) is 5.21 Å². The number of nitrogens with zero attached hydrogens (tertiary/aromatic N) is 3. The van der Waals surface area contributed by atoms with E-state index in [2.05, 4.69) is 10.1 Å². The molecular formula is C17H17N3O5. The average Bonchev–Trinajstić information content (AvgIpc) is 3.20. The van der Waals surface area contributed by atoms with Crippen LogP contribution in [0.5, 0.6) is 0 Å². The summed E-state index contributed by atoms with van der Waals surface area (Å²) in [6.45, 7) is 1.10. The minimum atomic E-state index is -1.01. The lowest BCUT2D eigenvalue weighted by atomic mass is 10.0. The molecule has 0 amide bonds. The molecule has 2 unspecified atom stereocenters. The predicted octanol–water partition coefficient (Wildman–Crippen LogP) is 1.06. The first-order chi connectivity index (χ1) is 12.0. The minimum absolute atomic E-state index is 0.0304. The van der Waals surface area contributed by atoms with Crippen LogP contribution in [0.15, 0.2) is 40.5 Å². The van der Waals surface area contributed by atoms with Gasteiger partial charge in [-0.05, 0) is 17.5 Å². The Morgan fingerprint density at radius 3 is 2.84 bits per heavy atom. The van der Waals surface area contributed by atoms with Crippen LogP contribution in [-0.2, 0) is 19.2 Å². The van der Waals surface area contributed by atoms with Crippen molar-refractivity contribution < 1.29 is 23.9 Å². The van der Waals surface area contributed by atoms with Gasteiger partial charge in [-0.1, -0.05) is 35.5 Å². The highest BCUT2D eigenvalue weighted by Crippen LogP contribution is 2.19. The molecule has 0 fully saturated rings. The van der Waals surface area contributed by atoms with Gasteiger partial charge in [-0.2, -0.15) is 0 Å². The number of hydroxylamine groups is 1. The molecule has 25 heavy (non-hydrogen) atoms. The molecule has 0 aliphatic carbocycles. The molecule has 8 nitrogen and oxygen atoms in total. The molecule has 0 bridgehead atoms. The number of carbonyl (C=O) groups excluding carboxylic acids is 2. The molecule has 2 atom stereocenters. The molecule has 0 radical (unpaired) electrons. The van der Waals surface area contributed by atoms with Crippen molar-refractivity contribution in [2.45, 2.75) is 31.9 Å². The number of hydrogen-bond acceptors (Lipinski definition) is 7. The van der Waals surface area contributed by atoms with E-state index in [4.69, 9.17) is 9.57 Å². The molecule has 0 saturated carbocycles. The molecule has 1 aromatic rings. The first-order valence-electron chi connectivity index (χ1n) is 7.84. The van der Waals surface area contributed by atoms with Gasteiger partial charge in [0.1, 0.15) is 6.10 Å². The van der Waals surface area contributed by atoms with Crippen LogP contribution in [0.3, 0.4) is 0 Å². The summed E-state index contributed by atoms with van der Waals surface area (Å²) < 4.78 is 5.57. The fourth-order valence-electron chi connectivity index (χ4n) is 2.68. The van der Waals surface area contributed by atoms with E-state index in [1.807, 2.05) is 30.3 Å². The van der Waals surface area contributed by atoms with E-state index in [9.17, 15) is 14.8 Å². The van der Waals surface area contributed by atoms with Gasteiger partial charge >= 0.3 is 5.97 Å². The molecule has 130 valence electrons. The number of rotatable bonds is 6. The van der Waals surface area contributed by atoms with Crippen LogP contribution in [0.2, 0.25) is 0 Å². The van der Waals surface area contributed by atoms with Crippen LogP contribution in [0.1, 0.15) is 25.3 Å². The summed E-state index contributed by atoms with van der Waals surface area (Å²) in [5.74, 6) is -0.845. The van der Waals surface area contributed by atoms with E-state index in [0.29, 0.717) is 11.2 Å². The zero-order chi connectivity index (χ0) is 17.8. The van der Waals surface area contributed by atoms with Crippen LogP contribution in [-0.4, -0.2) is 53.0 Å². The smallest absolute Gasteiger partial charge is 0.310 e. The summed E-state index contributed by atoms with van der Waals surface area (Å²) in [4.78, 5) is 32.5. The van der Waals surface area contributed by atoms with Gasteiger partial charge in [0.25, 0.3) is 6.34 Å². The quantitative estimate of drug-likeness (QED) is 0.436. The second kappa shape index (κ2) is 7.25. The number of esters is 1. The number of aliphatic imine (C=N–C) groups is 1. The Morgan fingerprint density at radius 2 is 2.12 bits per heavy atom. The standard InChI is InChI=1S/C17H17N3O5/c1-11(21)17-15(18-10-20(17)23)9-24-16(22)8-13-7-14(19-25-13)12-5-3-2-4-6-12/h2-6,10,13,17H,7-9H2,1H3. The Morgan fingerprint density at radius 1 is 1.36 bits per heavy atom. The second-order valence-corrected chi connectivity index (χ2v) is 5.81. The van der Waals surface area contributed by atoms with Crippen molar-refractivity contribution in [3.63, 3.8) is 0 Å². The van der Waals surface area contributed by atoms with E-state index in [1.54, 1.807) is 0 Å². The summed E-state index contributed by atoms with van der Waals surface area (Å²) in [7, 11) is 0. The van der Waals surface area contributed by atoms with E-state index >= 15 is 0 Å². The van der Waals surface area contributed by atoms with Crippen LogP contribution in [0.4, 0.5) is 0 Å². The normalized spacial score (nSPS) is 21.9. The first-order valence-corrected chi connectivity index (χ1v) is 7.84. The van der Waals surface area contributed by atoms with Gasteiger partial charge in [0.15, 0.2) is 12.4 Å². The van der Waals surface area contributed by atoms with E-state index in [0.717, 1.165) is 17.6 Å². The van der Waals surface area contributed by atoms with Crippen molar-refractivity contribution in [2.24, 2.45) is 10.1 Å². The molecule has 0 aromatic heterocycles. The third-order valence-electron chi connectivity index (χ3n) is 3.91. The Bertz CT molecular complexity index is 770. The molecule has 0 saturated heterocycles. The highest BCUT2D eigenvalue weighted by molar-refractivity contribution is 6.11. The lowest BCUT2D eigenvalue weighted by molar-refractivity contribution is -0.459. The number of ether oxygens (including phenoxy) is 1. The third kappa shape index (κ3) is 3.90. The number of oxime groups is 1. The monoisotopic (exact) mass is 343 g/mol. The van der Waals surface area contributed by atoms with Gasteiger partial charge in [0, 0.05) is 6.42 Å². The summed E-state index contributed by atoms with van der Waals surface area (Å²) >= 11 is 0. The molecule has 3 rings (SSSR count). The van der Waals surface area contributed by atoms with Gasteiger partial charge in [-0.15, -0.1) is 0 Å². The zero-order valence-corrected chi connectivity index (χ0v) is 13.6. The molecule has 2 heterocycles. The van der Waals surface area contributed by atoms with Crippen molar-refractivity contribution >= 4 is 29.5 Å². The molecular weight excluding hydrogens is 326 g/mol. The second-order valence-electron chi connectivity index (χ2n) is 5.81. The summed E-state index contributed by atoms with van der Waals surface area (Å²) in [5.41, 5.74) is 1.96. The number of carbonyl (C=O) groups is 2. The van der Waals surface area contributed by atoms with Gasteiger partial charge in [0.2, 0.25) is 11.8 Å². The highest BCUT2D eigenvalue weighted by Gasteiger charge is 2.34. The summed E-state index contributed by atoms with van der Waals surface area (Å²) in [6.07, 6.45) is 1.16. The summed E-state index contributed by atoms with van der Waals surface area (Å²) in [6, 6.07) is 8.56. The third-order valence-corrected chi connectivity index (χ3v) is 3.91.